The molecule has 7 heteroatoms. The van der Waals surface area contributed by atoms with Crippen molar-refractivity contribution in [3.05, 3.63) is 16.9 Å². The fourth-order valence-corrected chi connectivity index (χ4v) is 2.19. The van der Waals surface area contributed by atoms with Gasteiger partial charge in [0.2, 0.25) is 0 Å². The summed E-state index contributed by atoms with van der Waals surface area (Å²) in [6.45, 7) is 7.72. The molecule has 0 aromatic carbocycles. The summed E-state index contributed by atoms with van der Waals surface area (Å²) >= 11 is 6.21. The van der Waals surface area contributed by atoms with Gasteiger partial charge in [0.15, 0.2) is 6.29 Å². The van der Waals surface area contributed by atoms with Gasteiger partial charge in [0, 0.05) is 19.8 Å². The zero-order valence-electron chi connectivity index (χ0n) is 11.7. The molecule has 3 N–H and O–H groups in total. The molecule has 1 atom stereocenters. The van der Waals surface area contributed by atoms with Gasteiger partial charge in [-0.15, -0.1) is 0 Å². The number of hydrogen-bond donors (Lipinski definition) is 2. The Balaban J connectivity index is 3.02. The number of nitrogens with two attached hydrogens (primary N) is 1. The maximum absolute atomic E-state index is 6.21. The van der Waals surface area contributed by atoms with E-state index in [1.54, 1.807) is 6.20 Å². The monoisotopic (exact) mass is 290 g/mol. The van der Waals surface area contributed by atoms with Crippen LogP contribution >= 0.6 is 11.6 Å². The van der Waals surface area contributed by atoms with Crippen molar-refractivity contribution >= 4 is 11.6 Å². The zero-order valence-corrected chi connectivity index (χ0v) is 12.5. The van der Waals surface area contributed by atoms with Gasteiger partial charge in [0.05, 0.1) is 16.9 Å². The van der Waals surface area contributed by atoms with Crippen molar-refractivity contribution in [2.45, 2.75) is 46.1 Å². The number of halogens is 1. The lowest BCUT2D eigenvalue weighted by molar-refractivity contribution is -0.156. The van der Waals surface area contributed by atoms with Gasteiger partial charge >= 0.3 is 0 Å². The third-order valence-electron chi connectivity index (χ3n) is 2.68. The molecular formula is C12H23ClN4O2. The molecule has 0 radical (unpaired) electrons. The minimum absolute atomic E-state index is 0.360. The second-order valence-corrected chi connectivity index (χ2v) is 4.43. The fraction of sp³-hybridized carbons (Fsp3) is 0.750. The molecule has 1 aromatic rings. The molecule has 0 bridgehead atoms. The van der Waals surface area contributed by atoms with Gasteiger partial charge in [0.1, 0.15) is 6.04 Å². The third-order valence-corrected chi connectivity index (χ3v) is 2.97. The van der Waals surface area contributed by atoms with Gasteiger partial charge in [-0.2, -0.15) is 5.10 Å². The van der Waals surface area contributed by atoms with E-state index < -0.39 is 6.29 Å². The predicted octanol–water partition coefficient (Wildman–Crippen LogP) is 1.85. The summed E-state index contributed by atoms with van der Waals surface area (Å²) in [5, 5.41) is 4.81. The van der Waals surface area contributed by atoms with Gasteiger partial charge < -0.3 is 9.47 Å². The van der Waals surface area contributed by atoms with Crippen LogP contribution in [0.4, 0.5) is 0 Å². The molecule has 1 rings (SSSR count). The molecular weight excluding hydrogens is 268 g/mol. The van der Waals surface area contributed by atoms with E-state index in [0.717, 1.165) is 18.7 Å². The van der Waals surface area contributed by atoms with E-state index in [-0.39, 0.29) is 6.04 Å². The second kappa shape index (κ2) is 8.50. The summed E-state index contributed by atoms with van der Waals surface area (Å²) in [6.07, 6.45) is 2.08. The predicted molar refractivity (Wildman–Crippen MR) is 74.6 cm³/mol. The number of hydrazine groups is 1. The highest BCUT2D eigenvalue weighted by Crippen LogP contribution is 2.27. The Labute approximate surface area is 119 Å². The van der Waals surface area contributed by atoms with E-state index in [1.165, 1.54) is 0 Å². The van der Waals surface area contributed by atoms with Crippen molar-refractivity contribution in [2.75, 3.05) is 13.2 Å². The Hall–Kier alpha value is -0.660. The summed E-state index contributed by atoms with van der Waals surface area (Å²) in [7, 11) is 0. The lowest BCUT2D eigenvalue weighted by Crippen LogP contribution is -2.41. The summed E-state index contributed by atoms with van der Waals surface area (Å²) in [5.74, 6) is 5.65. The first kappa shape index (κ1) is 16.4. The minimum Gasteiger partial charge on any atom is -0.351 e. The largest absolute Gasteiger partial charge is 0.351 e. The van der Waals surface area contributed by atoms with Crippen LogP contribution in [-0.2, 0) is 16.0 Å². The van der Waals surface area contributed by atoms with Crippen molar-refractivity contribution in [1.29, 1.82) is 0 Å². The Morgan fingerprint density at radius 1 is 1.37 bits per heavy atom. The van der Waals surface area contributed by atoms with Crippen molar-refractivity contribution in [1.82, 2.24) is 15.2 Å². The van der Waals surface area contributed by atoms with Gasteiger partial charge in [-0.25, -0.2) is 5.43 Å². The molecule has 0 fully saturated rings. The normalized spacial score (nSPS) is 13.2. The van der Waals surface area contributed by atoms with Crippen LogP contribution in [0.2, 0.25) is 5.02 Å². The number of aryl methyl sites for hydroxylation is 1. The van der Waals surface area contributed by atoms with Crippen LogP contribution in [0, 0.1) is 0 Å². The summed E-state index contributed by atoms with van der Waals surface area (Å²) in [5.41, 5.74) is 3.51. The zero-order chi connectivity index (χ0) is 14.3. The van der Waals surface area contributed by atoms with Gasteiger partial charge in [-0.1, -0.05) is 18.5 Å². The van der Waals surface area contributed by atoms with Crippen LogP contribution in [0.3, 0.4) is 0 Å². The number of rotatable bonds is 9. The molecule has 0 saturated heterocycles. The van der Waals surface area contributed by atoms with Gasteiger partial charge in [-0.05, 0) is 20.3 Å². The molecule has 1 aromatic heterocycles. The standard InChI is InChI=1S/C12H23ClN4O2/c1-4-7-17-11(9(13)8-15-17)10(16-14)12(18-5-2)19-6-3/h8,10,12,16H,4-7,14H2,1-3H3. The average Bonchev–Trinajstić information content (AvgIpc) is 2.74. The van der Waals surface area contributed by atoms with Crippen LogP contribution in [0.15, 0.2) is 6.20 Å². The summed E-state index contributed by atoms with van der Waals surface area (Å²) < 4.78 is 13.0. The van der Waals surface area contributed by atoms with Crippen LogP contribution in [0.25, 0.3) is 0 Å². The number of aromatic nitrogens is 2. The van der Waals surface area contributed by atoms with Gasteiger partial charge in [0.25, 0.3) is 0 Å². The fourth-order valence-electron chi connectivity index (χ4n) is 1.93. The molecule has 110 valence electrons. The first-order chi connectivity index (χ1) is 9.19. The van der Waals surface area contributed by atoms with Crippen molar-refractivity contribution in [3.8, 4) is 0 Å². The quantitative estimate of drug-likeness (QED) is 0.412. The topological polar surface area (TPSA) is 74.3 Å². The Bertz CT molecular complexity index is 367. The molecule has 0 amide bonds. The smallest absolute Gasteiger partial charge is 0.179 e. The molecule has 0 aliphatic heterocycles. The highest BCUT2D eigenvalue weighted by molar-refractivity contribution is 6.31. The van der Waals surface area contributed by atoms with E-state index in [2.05, 4.69) is 17.4 Å². The molecule has 19 heavy (non-hydrogen) atoms. The Morgan fingerprint density at radius 2 is 2.00 bits per heavy atom. The number of ether oxygens (including phenoxy) is 2. The molecule has 0 spiro atoms. The average molecular weight is 291 g/mol. The highest BCUT2D eigenvalue weighted by atomic mass is 35.5. The van der Waals surface area contributed by atoms with Crippen LogP contribution in [-0.4, -0.2) is 29.3 Å². The van der Waals surface area contributed by atoms with Crippen LogP contribution in [0.5, 0.6) is 0 Å². The Morgan fingerprint density at radius 3 is 2.47 bits per heavy atom. The summed E-state index contributed by atoms with van der Waals surface area (Å²) in [6, 6.07) is -0.360. The molecule has 6 nitrogen and oxygen atoms in total. The lowest BCUT2D eigenvalue weighted by Gasteiger charge is -2.27. The molecule has 0 saturated carbocycles. The third kappa shape index (κ3) is 4.15. The highest BCUT2D eigenvalue weighted by Gasteiger charge is 2.28. The Kier molecular flexibility index (Phi) is 7.33. The van der Waals surface area contributed by atoms with Crippen LogP contribution < -0.4 is 11.3 Å². The minimum atomic E-state index is -0.496. The van der Waals surface area contributed by atoms with Crippen molar-refractivity contribution in [2.24, 2.45) is 5.84 Å². The maximum atomic E-state index is 6.21. The molecule has 0 aliphatic rings. The van der Waals surface area contributed by atoms with Crippen molar-refractivity contribution in [3.63, 3.8) is 0 Å². The second-order valence-electron chi connectivity index (χ2n) is 4.02. The van der Waals surface area contributed by atoms with Gasteiger partial charge in [-0.3, -0.25) is 10.5 Å². The van der Waals surface area contributed by atoms with E-state index >= 15 is 0 Å². The van der Waals surface area contributed by atoms with Crippen molar-refractivity contribution < 1.29 is 9.47 Å². The SMILES string of the molecule is CCCn1ncc(Cl)c1C(NN)C(OCC)OCC. The van der Waals surface area contributed by atoms with Crippen LogP contribution in [0.1, 0.15) is 38.9 Å². The van der Waals surface area contributed by atoms with E-state index in [1.807, 2.05) is 18.5 Å². The first-order valence-corrected chi connectivity index (χ1v) is 6.97. The molecule has 1 unspecified atom stereocenters. The van der Waals surface area contributed by atoms with E-state index in [4.69, 9.17) is 26.9 Å². The first-order valence-electron chi connectivity index (χ1n) is 6.60. The molecule has 0 aliphatic carbocycles. The number of nitrogens with one attached hydrogen (secondary N) is 1. The number of hydrogen-bond acceptors (Lipinski definition) is 5. The summed E-state index contributed by atoms with van der Waals surface area (Å²) in [4.78, 5) is 0. The number of nitrogens with zero attached hydrogens (tertiary/aromatic N) is 2. The van der Waals surface area contributed by atoms with E-state index in [0.29, 0.717) is 18.2 Å². The maximum Gasteiger partial charge on any atom is 0.179 e. The molecule has 1 heterocycles. The van der Waals surface area contributed by atoms with E-state index in [9.17, 15) is 0 Å². The lowest BCUT2D eigenvalue weighted by atomic mass is 10.2.